The summed E-state index contributed by atoms with van der Waals surface area (Å²) in [6, 6.07) is 0.178. The molecular formula is C10H19N5O3S2. The Labute approximate surface area is 122 Å². The summed E-state index contributed by atoms with van der Waals surface area (Å²) in [7, 11) is -2.02. The lowest BCUT2D eigenvalue weighted by molar-refractivity contribution is 0.0961. The number of nitrogens with two attached hydrogens (primary N) is 1. The van der Waals surface area contributed by atoms with Crippen LogP contribution in [0, 0.1) is 0 Å². The number of sulfonamides is 1. The molecule has 8 nitrogen and oxygen atoms in total. The van der Waals surface area contributed by atoms with Gasteiger partial charge in [0.2, 0.25) is 10.0 Å². The van der Waals surface area contributed by atoms with Gasteiger partial charge in [-0.1, -0.05) is 11.3 Å². The van der Waals surface area contributed by atoms with Gasteiger partial charge in [-0.2, -0.15) is 0 Å². The fourth-order valence-electron chi connectivity index (χ4n) is 1.28. The maximum absolute atomic E-state index is 11.9. The Morgan fingerprint density at radius 2 is 2.10 bits per heavy atom. The van der Waals surface area contributed by atoms with Crippen molar-refractivity contribution >= 4 is 38.2 Å². The first-order chi connectivity index (χ1) is 9.25. The third-order valence-electron chi connectivity index (χ3n) is 2.24. The van der Waals surface area contributed by atoms with Crippen LogP contribution in [0.3, 0.4) is 0 Å². The quantitative estimate of drug-likeness (QED) is 0.552. The van der Waals surface area contributed by atoms with Gasteiger partial charge in [-0.25, -0.2) is 18.1 Å². The van der Waals surface area contributed by atoms with Crippen LogP contribution >= 0.6 is 11.3 Å². The number of hydrogen-bond acceptors (Lipinski definition) is 7. The summed E-state index contributed by atoms with van der Waals surface area (Å²) in [5, 5.41) is 6.11. The molecule has 1 amide bonds. The minimum atomic E-state index is -3.34. The zero-order valence-electron chi connectivity index (χ0n) is 11.6. The minimum Gasteiger partial charge on any atom is -0.382 e. The number of rotatable bonds is 7. The monoisotopic (exact) mass is 321 g/mol. The molecule has 0 aliphatic carbocycles. The molecule has 0 unspecified atom stereocenters. The summed E-state index contributed by atoms with van der Waals surface area (Å²) in [5.41, 5.74) is 5.67. The molecule has 114 valence electrons. The highest BCUT2D eigenvalue weighted by Crippen LogP contribution is 2.25. The van der Waals surface area contributed by atoms with E-state index < -0.39 is 15.9 Å². The van der Waals surface area contributed by atoms with Crippen LogP contribution in [0.5, 0.6) is 0 Å². The van der Waals surface area contributed by atoms with Crippen LogP contribution in [0.1, 0.15) is 23.5 Å². The Morgan fingerprint density at radius 3 is 2.65 bits per heavy atom. The number of hydrogen-bond donors (Lipinski definition) is 4. The fourth-order valence-corrected chi connectivity index (χ4v) is 2.81. The maximum atomic E-state index is 11.9. The Kier molecular flexibility index (Phi) is 5.72. The molecule has 1 heterocycles. The van der Waals surface area contributed by atoms with Crippen LogP contribution in [0.15, 0.2) is 0 Å². The topological polar surface area (TPSA) is 126 Å². The number of amides is 1. The van der Waals surface area contributed by atoms with Crippen molar-refractivity contribution in [1.82, 2.24) is 15.0 Å². The highest BCUT2D eigenvalue weighted by atomic mass is 32.2. The second kappa shape index (κ2) is 6.86. The van der Waals surface area contributed by atoms with Crippen molar-refractivity contribution in [3.63, 3.8) is 0 Å². The molecule has 0 aromatic carbocycles. The van der Waals surface area contributed by atoms with Gasteiger partial charge in [0.05, 0.1) is 5.75 Å². The van der Waals surface area contributed by atoms with Crippen molar-refractivity contribution in [3.8, 4) is 0 Å². The Morgan fingerprint density at radius 1 is 1.45 bits per heavy atom. The highest BCUT2D eigenvalue weighted by Gasteiger charge is 2.17. The molecule has 0 saturated heterocycles. The molecule has 0 aliphatic rings. The number of carbonyl (C=O) groups is 1. The molecule has 0 radical (unpaired) electrons. The first-order valence-corrected chi connectivity index (χ1v) is 8.44. The molecule has 0 spiro atoms. The van der Waals surface area contributed by atoms with Gasteiger partial charge in [0.1, 0.15) is 10.7 Å². The number of nitrogen functional groups attached to an aromatic ring is 1. The molecule has 1 aromatic rings. The Hall–Kier alpha value is -1.39. The van der Waals surface area contributed by atoms with Crippen molar-refractivity contribution in [2.24, 2.45) is 0 Å². The molecular weight excluding hydrogens is 302 g/mol. The first kappa shape index (κ1) is 16.7. The number of thiazole rings is 1. The molecule has 20 heavy (non-hydrogen) atoms. The average Bonchev–Trinajstić information content (AvgIpc) is 2.69. The van der Waals surface area contributed by atoms with E-state index in [1.165, 1.54) is 7.05 Å². The minimum absolute atomic E-state index is 0.00624. The highest BCUT2D eigenvalue weighted by molar-refractivity contribution is 7.89. The van der Waals surface area contributed by atoms with Gasteiger partial charge in [-0.3, -0.25) is 4.79 Å². The van der Waals surface area contributed by atoms with Crippen molar-refractivity contribution in [2.75, 3.05) is 30.4 Å². The predicted molar refractivity (Wildman–Crippen MR) is 80.5 cm³/mol. The molecule has 1 aromatic heterocycles. The van der Waals surface area contributed by atoms with Crippen LogP contribution in [0.4, 0.5) is 10.9 Å². The SMILES string of the molecule is CNS(=O)(=O)CCNC(=O)c1sc(NC(C)C)nc1N. The number of nitrogens with zero attached hydrogens (tertiary/aromatic N) is 1. The van der Waals surface area contributed by atoms with Gasteiger partial charge in [0.25, 0.3) is 5.91 Å². The number of carbonyl (C=O) groups excluding carboxylic acids is 1. The fraction of sp³-hybridized carbons (Fsp3) is 0.600. The van der Waals surface area contributed by atoms with Gasteiger partial charge in [0, 0.05) is 12.6 Å². The summed E-state index contributed by atoms with van der Waals surface area (Å²) in [5.74, 6) is -0.486. The molecule has 0 aliphatic heterocycles. The number of aromatic nitrogens is 1. The zero-order valence-corrected chi connectivity index (χ0v) is 13.2. The van der Waals surface area contributed by atoms with Gasteiger partial charge in [0.15, 0.2) is 5.13 Å². The van der Waals surface area contributed by atoms with E-state index in [-0.39, 0.29) is 29.0 Å². The smallest absolute Gasteiger partial charge is 0.265 e. The van der Waals surface area contributed by atoms with Gasteiger partial charge in [-0.05, 0) is 20.9 Å². The van der Waals surface area contributed by atoms with E-state index in [1.54, 1.807) is 0 Å². The summed E-state index contributed by atoms with van der Waals surface area (Å²) >= 11 is 1.14. The van der Waals surface area contributed by atoms with E-state index in [4.69, 9.17) is 5.73 Å². The van der Waals surface area contributed by atoms with E-state index in [9.17, 15) is 13.2 Å². The summed E-state index contributed by atoms with van der Waals surface area (Å²) in [4.78, 5) is 16.2. The molecule has 0 fully saturated rings. The first-order valence-electron chi connectivity index (χ1n) is 5.97. The second-order valence-corrected chi connectivity index (χ2v) is 7.36. The van der Waals surface area contributed by atoms with Crippen LogP contribution in [-0.4, -0.2) is 44.7 Å². The summed E-state index contributed by atoms with van der Waals surface area (Å²) < 4.78 is 24.6. The van der Waals surface area contributed by atoms with E-state index >= 15 is 0 Å². The van der Waals surface area contributed by atoms with E-state index in [0.717, 1.165) is 11.3 Å². The van der Waals surface area contributed by atoms with Gasteiger partial charge < -0.3 is 16.4 Å². The van der Waals surface area contributed by atoms with Crippen molar-refractivity contribution in [3.05, 3.63) is 4.88 Å². The normalized spacial score (nSPS) is 11.6. The molecule has 5 N–H and O–H groups in total. The number of anilines is 2. The lowest BCUT2D eigenvalue weighted by Crippen LogP contribution is -2.32. The van der Waals surface area contributed by atoms with Gasteiger partial charge >= 0.3 is 0 Å². The van der Waals surface area contributed by atoms with E-state index in [2.05, 4.69) is 20.3 Å². The predicted octanol–water partition coefficient (Wildman–Crippen LogP) is -0.175. The van der Waals surface area contributed by atoms with Crippen molar-refractivity contribution in [1.29, 1.82) is 0 Å². The average molecular weight is 321 g/mol. The lowest BCUT2D eigenvalue weighted by Gasteiger charge is -2.05. The molecule has 0 atom stereocenters. The maximum Gasteiger partial charge on any atom is 0.265 e. The van der Waals surface area contributed by atoms with Crippen LogP contribution in [0.2, 0.25) is 0 Å². The van der Waals surface area contributed by atoms with Crippen LogP contribution < -0.4 is 21.1 Å². The molecule has 10 heteroatoms. The third kappa shape index (κ3) is 4.94. The molecule has 1 rings (SSSR count). The lowest BCUT2D eigenvalue weighted by atomic mass is 10.4. The zero-order chi connectivity index (χ0) is 15.3. The second-order valence-electron chi connectivity index (χ2n) is 4.31. The van der Waals surface area contributed by atoms with Crippen LogP contribution in [-0.2, 0) is 10.0 Å². The van der Waals surface area contributed by atoms with Gasteiger partial charge in [-0.15, -0.1) is 0 Å². The van der Waals surface area contributed by atoms with Crippen molar-refractivity contribution in [2.45, 2.75) is 19.9 Å². The largest absolute Gasteiger partial charge is 0.382 e. The Balaban J connectivity index is 2.62. The molecule has 0 saturated carbocycles. The number of nitrogens with one attached hydrogen (secondary N) is 3. The third-order valence-corrected chi connectivity index (χ3v) is 4.60. The standard InChI is InChI=1S/C10H19N5O3S2/c1-6(2)14-10-15-8(11)7(19-10)9(16)13-4-5-20(17,18)12-3/h6,12H,4-5,11H2,1-3H3,(H,13,16)(H,14,15). The Bertz CT molecular complexity index is 567. The van der Waals surface area contributed by atoms with Crippen LogP contribution in [0.25, 0.3) is 0 Å². The summed E-state index contributed by atoms with van der Waals surface area (Å²) in [6.45, 7) is 3.90. The van der Waals surface area contributed by atoms with Crippen molar-refractivity contribution < 1.29 is 13.2 Å². The summed E-state index contributed by atoms with van der Waals surface area (Å²) in [6.07, 6.45) is 0. The van der Waals surface area contributed by atoms with E-state index in [1.807, 2.05) is 13.8 Å². The molecule has 0 bridgehead atoms. The van der Waals surface area contributed by atoms with E-state index in [0.29, 0.717) is 5.13 Å².